The van der Waals surface area contributed by atoms with Gasteiger partial charge in [-0.15, -0.1) is 11.6 Å². The molecule has 1 unspecified atom stereocenters. The number of rotatable bonds is 8. The highest BCUT2D eigenvalue weighted by molar-refractivity contribution is 6.17. The molecule has 0 bridgehead atoms. The van der Waals surface area contributed by atoms with Gasteiger partial charge in [0, 0.05) is 19.5 Å². The molecule has 0 spiro atoms. The summed E-state index contributed by atoms with van der Waals surface area (Å²) < 4.78 is 1.97. The first-order chi connectivity index (χ1) is 8.21. The fraction of sp³-hybridized carbons (Fsp3) is 0.769. The third-order valence-corrected chi connectivity index (χ3v) is 3.44. The van der Waals surface area contributed by atoms with E-state index in [9.17, 15) is 0 Å². The molecule has 0 aliphatic heterocycles. The van der Waals surface area contributed by atoms with Crippen molar-refractivity contribution < 1.29 is 0 Å². The number of aromatic nitrogens is 2. The normalized spacial score (nSPS) is 12.9. The maximum Gasteiger partial charge on any atom is 0.0625 e. The Morgan fingerprint density at radius 2 is 2.24 bits per heavy atom. The van der Waals surface area contributed by atoms with Crippen LogP contribution < -0.4 is 5.32 Å². The molecule has 0 amide bonds. The zero-order valence-electron chi connectivity index (χ0n) is 11.2. The number of nitrogens with one attached hydrogen (secondary N) is 1. The Kier molecular flexibility index (Phi) is 6.60. The Bertz CT molecular complexity index is 322. The first-order valence-electron chi connectivity index (χ1n) is 6.49. The van der Waals surface area contributed by atoms with Gasteiger partial charge in [-0.05, 0) is 31.4 Å². The summed E-state index contributed by atoms with van der Waals surface area (Å²) in [7, 11) is 2.01. The second kappa shape index (κ2) is 7.72. The average Bonchev–Trinajstić information content (AvgIpc) is 2.69. The lowest BCUT2D eigenvalue weighted by Gasteiger charge is -2.14. The lowest BCUT2D eigenvalue weighted by atomic mass is 10.0. The van der Waals surface area contributed by atoms with E-state index < -0.39 is 0 Å². The van der Waals surface area contributed by atoms with Crippen molar-refractivity contribution in [2.24, 2.45) is 13.0 Å². The molecule has 3 nitrogen and oxygen atoms in total. The molecule has 1 N–H and O–H groups in total. The molecule has 0 radical (unpaired) electrons. The molecule has 1 atom stereocenters. The standard InChI is InChI=1S/C13H24ClN3/c1-4-11(6-7-14)9-15-10-13-8-12(5-2)16-17(13)3/h8,11,15H,4-7,9-10H2,1-3H3. The summed E-state index contributed by atoms with van der Waals surface area (Å²) in [6.45, 7) is 6.28. The van der Waals surface area contributed by atoms with E-state index in [1.807, 2.05) is 11.7 Å². The minimum absolute atomic E-state index is 0.686. The first kappa shape index (κ1) is 14.5. The molecule has 1 aromatic heterocycles. The quantitative estimate of drug-likeness (QED) is 0.726. The summed E-state index contributed by atoms with van der Waals surface area (Å²) in [5.41, 5.74) is 2.42. The molecule has 17 heavy (non-hydrogen) atoms. The van der Waals surface area contributed by atoms with Crippen LogP contribution in [0.5, 0.6) is 0 Å². The summed E-state index contributed by atoms with van der Waals surface area (Å²) >= 11 is 5.78. The van der Waals surface area contributed by atoms with Gasteiger partial charge in [-0.25, -0.2) is 0 Å². The summed E-state index contributed by atoms with van der Waals surface area (Å²) in [6.07, 6.45) is 3.28. The van der Waals surface area contributed by atoms with Gasteiger partial charge in [0.25, 0.3) is 0 Å². The van der Waals surface area contributed by atoms with Crippen LogP contribution >= 0.6 is 11.6 Å². The lowest BCUT2D eigenvalue weighted by Crippen LogP contribution is -2.23. The van der Waals surface area contributed by atoms with Crippen LogP contribution in [-0.4, -0.2) is 22.2 Å². The summed E-state index contributed by atoms with van der Waals surface area (Å²) in [4.78, 5) is 0. The van der Waals surface area contributed by atoms with Gasteiger partial charge in [0.05, 0.1) is 11.4 Å². The van der Waals surface area contributed by atoms with Crippen LogP contribution in [0.25, 0.3) is 0 Å². The Hall–Kier alpha value is -0.540. The lowest BCUT2D eigenvalue weighted by molar-refractivity contribution is 0.446. The van der Waals surface area contributed by atoms with Crippen molar-refractivity contribution in [1.29, 1.82) is 0 Å². The minimum atomic E-state index is 0.686. The van der Waals surface area contributed by atoms with Crippen LogP contribution in [0.2, 0.25) is 0 Å². The second-order valence-corrected chi connectivity index (χ2v) is 4.86. The highest BCUT2D eigenvalue weighted by Gasteiger charge is 2.07. The van der Waals surface area contributed by atoms with E-state index in [1.165, 1.54) is 12.1 Å². The molecular formula is C13H24ClN3. The predicted molar refractivity (Wildman–Crippen MR) is 73.4 cm³/mol. The van der Waals surface area contributed by atoms with Crippen molar-refractivity contribution >= 4 is 11.6 Å². The second-order valence-electron chi connectivity index (χ2n) is 4.49. The van der Waals surface area contributed by atoms with Gasteiger partial charge in [0.2, 0.25) is 0 Å². The van der Waals surface area contributed by atoms with E-state index in [4.69, 9.17) is 11.6 Å². The number of nitrogens with zero attached hydrogens (tertiary/aromatic N) is 2. The fourth-order valence-corrected chi connectivity index (χ4v) is 2.23. The molecular weight excluding hydrogens is 234 g/mol. The van der Waals surface area contributed by atoms with Crippen LogP contribution in [-0.2, 0) is 20.0 Å². The van der Waals surface area contributed by atoms with E-state index in [1.54, 1.807) is 0 Å². The average molecular weight is 258 g/mol. The van der Waals surface area contributed by atoms with Gasteiger partial charge >= 0.3 is 0 Å². The number of aryl methyl sites for hydroxylation is 2. The molecule has 1 aromatic rings. The SMILES string of the molecule is CCc1cc(CNCC(CC)CCCl)n(C)n1. The predicted octanol–water partition coefficient (Wildman–Crippen LogP) is 2.73. The highest BCUT2D eigenvalue weighted by atomic mass is 35.5. The van der Waals surface area contributed by atoms with Crippen LogP contribution in [0.3, 0.4) is 0 Å². The van der Waals surface area contributed by atoms with Crippen molar-refractivity contribution in [2.75, 3.05) is 12.4 Å². The molecule has 98 valence electrons. The third kappa shape index (κ3) is 4.68. The van der Waals surface area contributed by atoms with Crippen LogP contribution in [0.15, 0.2) is 6.07 Å². The van der Waals surface area contributed by atoms with Crippen molar-refractivity contribution in [3.8, 4) is 0 Å². The minimum Gasteiger partial charge on any atom is -0.311 e. The number of hydrogen-bond acceptors (Lipinski definition) is 2. The molecule has 1 rings (SSSR count). The molecule has 0 aliphatic rings. The van der Waals surface area contributed by atoms with Crippen LogP contribution in [0.4, 0.5) is 0 Å². The number of halogens is 1. The molecule has 4 heteroatoms. The van der Waals surface area contributed by atoms with Gasteiger partial charge < -0.3 is 5.32 Å². The molecule has 0 aromatic carbocycles. The smallest absolute Gasteiger partial charge is 0.0625 e. The maximum absolute atomic E-state index is 5.78. The fourth-order valence-electron chi connectivity index (χ4n) is 1.92. The van der Waals surface area contributed by atoms with Crippen molar-refractivity contribution in [3.63, 3.8) is 0 Å². The molecule has 0 aliphatic carbocycles. The zero-order valence-corrected chi connectivity index (χ0v) is 11.9. The summed E-state index contributed by atoms with van der Waals surface area (Å²) in [5.74, 6) is 1.44. The maximum atomic E-state index is 5.78. The van der Waals surface area contributed by atoms with Gasteiger partial charge in [-0.3, -0.25) is 4.68 Å². The van der Waals surface area contributed by atoms with E-state index in [0.29, 0.717) is 5.92 Å². The van der Waals surface area contributed by atoms with Crippen molar-refractivity contribution in [2.45, 2.75) is 39.7 Å². The number of hydrogen-bond donors (Lipinski definition) is 1. The monoisotopic (exact) mass is 257 g/mol. The topological polar surface area (TPSA) is 29.9 Å². The Morgan fingerprint density at radius 1 is 1.47 bits per heavy atom. The summed E-state index contributed by atoms with van der Waals surface area (Å²) in [6, 6.07) is 2.18. The Morgan fingerprint density at radius 3 is 2.76 bits per heavy atom. The van der Waals surface area contributed by atoms with Gasteiger partial charge in [0.15, 0.2) is 0 Å². The Balaban J connectivity index is 2.36. The van der Waals surface area contributed by atoms with E-state index >= 15 is 0 Å². The van der Waals surface area contributed by atoms with Crippen LogP contribution in [0, 0.1) is 5.92 Å². The van der Waals surface area contributed by atoms with Crippen molar-refractivity contribution in [3.05, 3.63) is 17.5 Å². The largest absolute Gasteiger partial charge is 0.311 e. The van der Waals surface area contributed by atoms with Crippen molar-refractivity contribution in [1.82, 2.24) is 15.1 Å². The summed E-state index contributed by atoms with van der Waals surface area (Å²) in [5, 5.41) is 7.94. The number of alkyl halides is 1. The zero-order chi connectivity index (χ0) is 12.7. The van der Waals surface area contributed by atoms with Gasteiger partial charge in [-0.1, -0.05) is 20.3 Å². The highest BCUT2D eigenvalue weighted by Crippen LogP contribution is 2.09. The van der Waals surface area contributed by atoms with E-state index in [2.05, 4.69) is 30.3 Å². The Labute approximate surface area is 110 Å². The van der Waals surface area contributed by atoms with Crippen LogP contribution in [0.1, 0.15) is 38.1 Å². The van der Waals surface area contributed by atoms with E-state index in [-0.39, 0.29) is 0 Å². The molecule has 1 heterocycles. The third-order valence-electron chi connectivity index (χ3n) is 3.22. The van der Waals surface area contributed by atoms with E-state index in [0.717, 1.165) is 37.5 Å². The first-order valence-corrected chi connectivity index (χ1v) is 7.03. The molecule has 0 saturated heterocycles. The molecule has 0 fully saturated rings. The molecule has 0 saturated carbocycles. The van der Waals surface area contributed by atoms with Gasteiger partial charge in [-0.2, -0.15) is 5.10 Å². The van der Waals surface area contributed by atoms with Gasteiger partial charge in [0.1, 0.15) is 0 Å².